The molecule has 2 saturated carbocycles. The molecule has 2 fully saturated rings. The van der Waals surface area contributed by atoms with E-state index in [-0.39, 0.29) is 0 Å². The number of halogens is 2. The maximum atomic E-state index is 13.3. The molecular weight excluding hydrogens is 256 g/mol. The van der Waals surface area contributed by atoms with Crippen LogP contribution in [0.2, 0.25) is 0 Å². The fourth-order valence-corrected chi connectivity index (χ4v) is 3.47. The predicted molar refractivity (Wildman–Crippen MR) is 76.5 cm³/mol. The SMILES string of the molecule is Fc1cc(F)cc(CC(CNC2CC2)C2CCCC2)c1. The highest BCUT2D eigenvalue weighted by atomic mass is 19.1. The summed E-state index contributed by atoms with van der Waals surface area (Å²) in [6, 6.07) is 4.63. The summed E-state index contributed by atoms with van der Waals surface area (Å²) in [5.74, 6) is 0.313. The van der Waals surface area contributed by atoms with E-state index in [1.54, 1.807) is 0 Å². The fraction of sp³-hybridized carbons (Fsp3) is 0.647. The Morgan fingerprint density at radius 2 is 1.65 bits per heavy atom. The lowest BCUT2D eigenvalue weighted by atomic mass is 9.85. The minimum atomic E-state index is -0.458. The van der Waals surface area contributed by atoms with Gasteiger partial charge in [0.05, 0.1) is 0 Å². The molecule has 0 aromatic heterocycles. The average Bonchev–Trinajstić information content (AvgIpc) is 3.05. The Balaban J connectivity index is 1.66. The van der Waals surface area contributed by atoms with Crippen LogP contribution in [0.15, 0.2) is 18.2 Å². The molecule has 0 aliphatic heterocycles. The van der Waals surface area contributed by atoms with Gasteiger partial charge in [0, 0.05) is 12.1 Å². The van der Waals surface area contributed by atoms with Gasteiger partial charge in [-0.1, -0.05) is 25.7 Å². The molecule has 3 rings (SSSR count). The lowest BCUT2D eigenvalue weighted by molar-refractivity contribution is 0.319. The van der Waals surface area contributed by atoms with Crippen molar-refractivity contribution in [3.05, 3.63) is 35.4 Å². The lowest BCUT2D eigenvalue weighted by Crippen LogP contribution is -2.30. The van der Waals surface area contributed by atoms with E-state index in [0.29, 0.717) is 17.9 Å². The molecule has 3 heteroatoms. The second-order valence-corrected chi connectivity index (χ2v) is 6.47. The van der Waals surface area contributed by atoms with Crippen molar-refractivity contribution in [1.29, 1.82) is 0 Å². The maximum absolute atomic E-state index is 13.3. The van der Waals surface area contributed by atoms with Crippen molar-refractivity contribution in [3.8, 4) is 0 Å². The number of hydrogen-bond acceptors (Lipinski definition) is 1. The van der Waals surface area contributed by atoms with Crippen LogP contribution in [0.5, 0.6) is 0 Å². The van der Waals surface area contributed by atoms with Gasteiger partial charge in [0.2, 0.25) is 0 Å². The quantitative estimate of drug-likeness (QED) is 0.828. The molecule has 1 aromatic rings. The van der Waals surface area contributed by atoms with Crippen molar-refractivity contribution < 1.29 is 8.78 Å². The van der Waals surface area contributed by atoms with Gasteiger partial charge >= 0.3 is 0 Å². The van der Waals surface area contributed by atoms with Crippen LogP contribution in [-0.4, -0.2) is 12.6 Å². The summed E-state index contributed by atoms with van der Waals surface area (Å²) < 4.78 is 26.6. The Kier molecular flexibility index (Phi) is 4.35. The topological polar surface area (TPSA) is 12.0 Å². The van der Waals surface area contributed by atoms with Crippen LogP contribution < -0.4 is 5.32 Å². The van der Waals surface area contributed by atoms with Crippen LogP contribution in [0.25, 0.3) is 0 Å². The minimum Gasteiger partial charge on any atom is -0.314 e. The van der Waals surface area contributed by atoms with Gasteiger partial charge in [0.25, 0.3) is 0 Å². The third kappa shape index (κ3) is 3.78. The number of hydrogen-bond donors (Lipinski definition) is 1. The molecule has 1 atom stereocenters. The standard InChI is InChI=1S/C17H23F2N/c18-15-8-12(9-16(19)10-15)7-14(11-20-17-5-6-17)13-3-1-2-4-13/h8-10,13-14,17,20H,1-7,11H2. The molecule has 2 aliphatic carbocycles. The van der Waals surface area contributed by atoms with E-state index in [1.807, 2.05) is 0 Å². The normalized spacial score (nSPS) is 21.3. The monoisotopic (exact) mass is 279 g/mol. The molecule has 1 N–H and O–H groups in total. The summed E-state index contributed by atoms with van der Waals surface area (Å²) in [5.41, 5.74) is 0.803. The van der Waals surface area contributed by atoms with E-state index in [2.05, 4.69) is 5.32 Å². The van der Waals surface area contributed by atoms with Crippen molar-refractivity contribution in [2.45, 2.75) is 51.0 Å². The fourth-order valence-electron chi connectivity index (χ4n) is 3.47. The van der Waals surface area contributed by atoms with Crippen LogP contribution in [0, 0.1) is 23.5 Å². The van der Waals surface area contributed by atoms with Gasteiger partial charge in [-0.15, -0.1) is 0 Å². The highest BCUT2D eigenvalue weighted by molar-refractivity contribution is 5.18. The molecule has 20 heavy (non-hydrogen) atoms. The van der Waals surface area contributed by atoms with Crippen LogP contribution in [-0.2, 0) is 6.42 Å². The number of nitrogens with one attached hydrogen (secondary N) is 1. The molecule has 2 aliphatic rings. The van der Waals surface area contributed by atoms with E-state index in [0.717, 1.165) is 24.6 Å². The average molecular weight is 279 g/mol. The van der Waals surface area contributed by atoms with Gasteiger partial charge in [-0.25, -0.2) is 8.78 Å². The van der Waals surface area contributed by atoms with Gasteiger partial charge in [0.15, 0.2) is 0 Å². The second-order valence-electron chi connectivity index (χ2n) is 6.47. The van der Waals surface area contributed by atoms with Gasteiger partial charge in [-0.3, -0.25) is 0 Å². The van der Waals surface area contributed by atoms with E-state index in [9.17, 15) is 8.78 Å². The molecule has 0 spiro atoms. The molecule has 1 unspecified atom stereocenters. The predicted octanol–water partition coefficient (Wildman–Crippen LogP) is 4.07. The summed E-state index contributed by atoms with van der Waals surface area (Å²) in [6.45, 7) is 0.994. The minimum absolute atomic E-state index is 0.458. The van der Waals surface area contributed by atoms with Crippen LogP contribution >= 0.6 is 0 Å². The molecule has 0 heterocycles. The van der Waals surface area contributed by atoms with Crippen LogP contribution in [0.3, 0.4) is 0 Å². The third-order valence-corrected chi connectivity index (χ3v) is 4.73. The van der Waals surface area contributed by atoms with E-state index < -0.39 is 11.6 Å². The molecular formula is C17H23F2N. The first-order valence-corrected chi connectivity index (χ1v) is 7.89. The third-order valence-electron chi connectivity index (χ3n) is 4.73. The largest absolute Gasteiger partial charge is 0.314 e. The van der Waals surface area contributed by atoms with Gasteiger partial charge in [-0.2, -0.15) is 0 Å². The molecule has 0 radical (unpaired) electrons. The van der Waals surface area contributed by atoms with Gasteiger partial charge in [-0.05, 0) is 55.3 Å². The van der Waals surface area contributed by atoms with E-state index >= 15 is 0 Å². The molecule has 0 amide bonds. The molecule has 1 nitrogen and oxygen atoms in total. The van der Waals surface area contributed by atoms with Crippen molar-refractivity contribution in [2.24, 2.45) is 11.8 Å². The first-order chi connectivity index (χ1) is 9.70. The Morgan fingerprint density at radius 1 is 1.00 bits per heavy atom. The van der Waals surface area contributed by atoms with Crippen molar-refractivity contribution in [3.63, 3.8) is 0 Å². The van der Waals surface area contributed by atoms with Crippen molar-refractivity contribution in [2.75, 3.05) is 6.54 Å². The summed E-state index contributed by atoms with van der Waals surface area (Å²) in [5, 5.41) is 3.60. The summed E-state index contributed by atoms with van der Waals surface area (Å²) >= 11 is 0. The van der Waals surface area contributed by atoms with Crippen molar-refractivity contribution in [1.82, 2.24) is 5.32 Å². The molecule has 110 valence electrons. The Labute approximate surface area is 119 Å². The summed E-state index contributed by atoms with van der Waals surface area (Å²) in [6.07, 6.45) is 8.52. The first kappa shape index (κ1) is 14.0. The summed E-state index contributed by atoms with van der Waals surface area (Å²) in [7, 11) is 0. The van der Waals surface area contributed by atoms with Crippen LogP contribution in [0.4, 0.5) is 8.78 Å². The highest BCUT2D eigenvalue weighted by Crippen LogP contribution is 2.34. The lowest BCUT2D eigenvalue weighted by Gasteiger charge is -2.24. The molecule has 1 aromatic carbocycles. The zero-order valence-corrected chi connectivity index (χ0v) is 11.9. The Morgan fingerprint density at radius 3 is 2.25 bits per heavy atom. The number of rotatable bonds is 6. The van der Waals surface area contributed by atoms with Gasteiger partial charge < -0.3 is 5.32 Å². The van der Waals surface area contributed by atoms with Crippen LogP contribution in [0.1, 0.15) is 44.1 Å². The number of benzene rings is 1. The zero-order chi connectivity index (χ0) is 13.9. The molecule has 0 saturated heterocycles. The Hall–Kier alpha value is -0.960. The van der Waals surface area contributed by atoms with E-state index in [4.69, 9.17) is 0 Å². The second kappa shape index (κ2) is 6.21. The van der Waals surface area contributed by atoms with Crippen molar-refractivity contribution >= 4 is 0 Å². The summed E-state index contributed by atoms with van der Waals surface area (Å²) in [4.78, 5) is 0. The van der Waals surface area contributed by atoms with E-state index in [1.165, 1.54) is 50.7 Å². The maximum Gasteiger partial charge on any atom is 0.126 e. The van der Waals surface area contributed by atoms with Gasteiger partial charge in [0.1, 0.15) is 11.6 Å². The molecule has 0 bridgehead atoms. The Bertz CT molecular complexity index is 430. The first-order valence-electron chi connectivity index (χ1n) is 7.89. The smallest absolute Gasteiger partial charge is 0.126 e. The zero-order valence-electron chi connectivity index (χ0n) is 11.9. The highest BCUT2D eigenvalue weighted by Gasteiger charge is 2.28.